The van der Waals surface area contributed by atoms with Gasteiger partial charge in [-0.25, -0.2) is 9.13 Å². The summed E-state index contributed by atoms with van der Waals surface area (Å²) in [5.74, 6) is -2.44. The first-order valence-corrected chi connectivity index (χ1v) is 45.0. The highest BCUT2D eigenvalue weighted by atomic mass is 31.2. The Morgan fingerprint density at radius 2 is 0.482 bits per heavy atom. The van der Waals surface area contributed by atoms with Crippen molar-refractivity contribution in [2.45, 2.75) is 303 Å². The minimum Gasteiger partial charge on any atom is -0.462 e. The number of unbranched alkanes of at least 4 members (excludes halogenated alkanes) is 14. The first kappa shape index (κ1) is 105. The van der Waals surface area contributed by atoms with Gasteiger partial charge < -0.3 is 33.8 Å². The second kappa shape index (κ2) is 82.4. The molecule has 3 N–H and O–H groups in total. The van der Waals surface area contributed by atoms with E-state index >= 15 is 0 Å². The summed E-state index contributed by atoms with van der Waals surface area (Å²) in [6.45, 7) is 4.28. The van der Waals surface area contributed by atoms with Gasteiger partial charge in [-0.3, -0.25) is 37.3 Å². The van der Waals surface area contributed by atoms with Gasteiger partial charge in [0.1, 0.15) is 19.3 Å². The smallest absolute Gasteiger partial charge is 0.462 e. The first-order chi connectivity index (χ1) is 54.7. The van der Waals surface area contributed by atoms with E-state index in [4.69, 9.17) is 37.0 Å². The average molecular weight is 1600 g/mol. The molecule has 0 bridgehead atoms. The zero-order valence-electron chi connectivity index (χ0n) is 69.0. The molecule has 19 heteroatoms. The summed E-state index contributed by atoms with van der Waals surface area (Å²) < 4.78 is 68.6. The molecule has 0 aromatic carbocycles. The fraction of sp³-hybridized carbons (Fsp3) is 0.570. The van der Waals surface area contributed by atoms with E-state index < -0.39 is 97.5 Å². The Morgan fingerprint density at radius 1 is 0.259 bits per heavy atom. The third-order valence-electron chi connectivity index (χ3n) is 16.4. The largest absolute Gasteiger partial charge is 0.472 e. The quantitative estimate of drug-likeness (QED) is 0.0169. The van der Waals surface area contributed by atoms with E-state index in [0.29, 0.717) is 38.5 Å². The van der Waals surface area contributed by atoms with Gasteiger partial charge in [0, 0.05) is 25.7 Å². The molecule has 0 aliphatic carbocycles. The van der Waals surface area contributed by atoms with Crippen LogP contribution in [0.15, 0.2) is 219 Å². The number of phosphoric ester groups is 2. The molecule has 0 amide bonds. The van der Waals surface area contributed by atoms with Crippen LogP contribution in [0.3, 0.4) is 0 Å². The van der Waals surface area contributed by atoms with Crippen LogP contribution in [0.1, 0.15) is 285 Å². The van der Waals surface area contributed by atoms with Gasteiger partial charge in [-0.1, -0.05) is 304 Å². The maximum atomic E-state index is 13.1. The van der Waals surface area contributed by atoms with E-state index in [-0.39, 0.29) is 25.7 Å². The lowest BCUT2D eigenvalue weighted by molar-refractivity contribution is -0.161. The van der Waals surface area contributed by atoms with Gasteiger partial charge in [0.05, 0.1) is 26.4 Å². The Balaban J connectivity index is 5.59. The number of esters is 4. The minimum absolute atomic E-state index is 0.0171. The number of aliphatic hydroxyl groups excluding tert-OH is 1. The number of aliphatic hydroxyl groups is 1. The van der Waals surface area contributed by atoms with Crippen LogP contribution in [0, 0.1) is 0 Å². The van der Waals surface area contributed by atoms with Crippen molar-refractivity contribution >= 4 is 39.5 Å². The van der Waals surface area contributed by atoms with Crippen molar-refractivity contribution in [3.8, 4) is 0 Å². The van der Waals surface area contributed by atoms with Crippen LogP contribution in [-0.2, 0) is 65.4 Å². The Labute approximate surface area is 677 Å². The summed E-state index contributed by atoms with van der Waals surface area (Å²) in [4.78, 5) is 73.2. The SMILES string of the molecule is CC/C=C\C/C=C\C/C=C\C/C=C\C/C=C\C/C=C\CCC(=O)OC[C@H](COP(=O)(O)OC[C@@H](O)COP(=O)(O)OC[C@@H](COC(=O)CCCCCCCCC/C=C\CCCCCC)OC(=O)CC/C=C\C/C=C\C/C=C\C/C=C\C/C=C\C/C=C\CC)OC(=O)CCCCC/C=C\C/C=C\C/C=C\C/C=C\C/C=C\CC. The molecule has 0 heterocycles. The van der Waals surface area contributed by atoms with Crippen LogP contribution in [0.25, 0.3) is 0 Å². The maximum absolute atomic E-state index is 13.1. The molecule has 0 saturated carbocycles. The molecule has 0 fully saturated rings. The zero-order valence-corrected chi connectivity index (χ0v) is 70.8. The average Bonchev–Trinajstić information content (AvgIpc) is 0.908. The third kappa shape index (κ3) is 81.4. The molecule has 112 heavy (non-hydrogen) atoms. The predicted octanol–water partition coefficient (Wildman–Crippen LogP) is 25.2. The monoisotopic (exact) mass is 1600 g/mol. The fourth-order valence-electron chi connectivity index (χ4n) is 10.2. The van der Waals surface area contributed by atoms with Crippen molar-refractivity contribution in [1.29, 1.82) is 0 Å². The molecular weight excluding hydrogens is 1450 g/mol. The molecule has 0 aliphatic rings. The number of carbonyl (C=O) groups excluding carboxylic acids is 4. The molecule has 0 aromatic heterocycles. The van der Waals surface area contributed by atoms with Crippen LogP contribution in [0.2, 0.25) is 0 Å². The minimum atomic E-state index is -5.03. The van der Waals surface area contributed by atoms with Crippen LogP contribution in [0.4, 0.5) is 0 Å². The van der Waals surface area contributed by atoms with E-state index in [2.05, 4.69) is 210 Å². The van der Waals surface area contributed by atoms with Crippen LogP contribution >= 0.6 is 15.6 Å². The molecule has 5 atom stereocenters. The lowest BCUT2D eigenvalue weighted by atomic mass is 10.1. The summed E-state index contributed by atoms with van der Waals surface area (Å²) >= 11 is 0. The molecule has 2 unspecified atom stereocenters. The molecule has 0 saturated heterocycles. The van der Waals surface area contributed by atoms with Gasteiger partial charge in [0.2, 0.25) is 0 Å². The predicted molar refractivity (Wildman–Crippen MR) is 463 cm³/mol. The van der Waals surface area contributed by atoms with Crippen LogP contribution in [0.5, 0.6) is 0 Å². The molecule has 0 aliphatic heterocycles. The number of carbonyl (C=O) groups is 4. The summed E-state index contributed by atoms with van der Waals surface area (Å²) in [6, 6.07) is 0. The zero-order chi connectivity index (χ0) is 81.7. The molecular formula is C93H146O17P2. The van der Waals surface area contributed by atoms with Gasteiger partial charge in [-0.15, -0.1) is 0 Å². The highest BCUT2D eigenvalue weighted by Gasteiger charge is 2.30. The molecule has 630 valence electrons. The van der Waals surface area contributed by atoms with Crippen LogP contribution in [-0.4, -0.2) is 96.7 Å². The highest BCUT2D eigenvalue weighted by molar-refractivity contribution is 7.47. The second-order valence-corrected chi connectivity index (χ2v) is 29.8. The van der Waals surface area contributed by atoms with Gasteiger partial charge in [0.25, 0.3) is 0 Å². The standard InChI is InChI=1S/C93H146O17P2/c1-5-9-13-17-21-25-29-33-37-40-43-46-50-54-58-62-66-70-74-78-91(96)104-84-89(110-93(98)80-76-72-68-64-60-56-52-48-45-42-39-35-31-27-23-19-15-11-7-3)86-108-112(101,102)106-82-87(94)81-105-111(99,100)107-85-88(83-103-90(95)77-73-69-65-61-57-53-49-36-32-28-24-20-16-12-8-4)109-92(97)79-75-71-67-63-59-55-51-47-44-41-38-34-30-26-22-18-14-10-6-2/h9-11,13-15,21-23,25-28,32-35,37-39,43-48,54-56,58-60,66-67,70-71,87-89,94H,5-8,12,16-20,24,29-31,36,40-42,49-53,57,61-65,68-69,72-86H2,1-4H3,(H,99,100)(H,101,102)/b13-9-,14-10-,15-11-,25-21-,26-22-,27-23-,32-28-,37-33-,38-34-,39-35-,46-43-,47-44-,48-45-,58-54-,59-55-,60-56-,70-66-,71-67-/t87-,88+,89+/m0/s1. The van der Waals surface area contributed by atoms with E-state index in [1.165, 1.54) is 25.7 Å². The highest BCUT2D eigenvalue weighted by Crippen LogP contribution is 2.45. The lowest BCUT2D eigenvalue weighted by Gasteiger charge is -2.21. The van der Waals surface area contributed by atoms with E-state index in [9.17, 15) is 43.2 Å². The number of hydrogen-bond acceptors (Lipinski definition) is 15. The van der Waals surface area contributed by atoms with Gasteiger partial charge in [0.15, 0.2) is 12.2 Å². The first-order valence-electron chi connectivity index (χ1n) is 42.0. The molecule has 0 radical (unpaired) electrons. The van der Waals surface area contributed by atoms with E-state index in [0.717, 1.165) is 167 Å². The van der Waals surface area contributed by atoms with Crippen molar-refractivity contribution in [3.63, 3.8) is 0 Å². The maximum Gasteiger partial charge on any atom is 0.472 e. The normalized spacial score (nSPS) is 14.9. The van der Waals surface area contributed by atoms with Gasteiger partial charge in [-0.2, -0.15) is 0 Å². The summed E-state index contributed by atoms with van der Waals surface area (Å²) in [5.41, 5.74) is 0. The Bertz CT molecular complexity index is 2990. The Morgan fingerprint density at radius 3 is 0.804 bits per heavy atom. The van der Waals surface area contributed by atoms with E-state index in [1.54, 1.807) is 0 Å². The van der Waals surface area contributed by atoms with Gasteiger partial charge in [-0.05, 0) is 173 Å². The van der Waals surface area contributed by atoms with Crippen molar-refractivity contribution < 1.29 is 80.2 Å². The van der Waals surface area contributed by atoms with Crippen molar-refractivity contribution in [3.05, 3.63) is 219 Å². The van der Waals surface area contributed by atoms with Crippen LogP contribution < -0.4 is 0 Å². The van der Waals surface area contributed by atoms with Crippen molar-refractivity contribution in [2.24, 2.45) is 0 Å². The summed E-state index contributed by atoms with van der Waals surface area (Å²) in [5, 5.41) is 10.7. The van der Waals surface area contributed by atoms with Crippen molar-refractivity contribution in [2.75, 3.05) is 39.6 Å². The summed E-state index contributed by atoms with van der Waals surface area (Å²) in [7, 11) is -10.0. The number of hydrogen-bond donors (Lipinski definition) is 3. The second-order valence-electron chi connectivity index (χ2n) is 26.9. The van der Waals surface area contributed by atoms with Gasteiger partial charge >= 0.3 is 39.5 Å². The summed E-state index contributed by atoms with van der Waals surface area (Å²) in [6.07, 6.45) is 105. The fourth-order valence-corrected chi connectivity index (χ4v) is 11.8. The number of phosphoric acid groups is 2. The molecule has 0 rings (SSSR count). The molecule has 0 spiro atoms. The third-order valence-corrected chi connectivity index (χ3v) is 18.3. The molecule has 17 nitrogen and oxygen atoms in total. The lowest BCUT2D eigenvalue weighted by Crippen LogP contribution is -2.30. The molecule has 0 aromatic rings. The number of allylic oxidation sites excluding steroid dienone is 36. The van der Waals surface area contributed by atoms with Crippen molar-refractivity contribution in [1.82, 2.24) is 0 Å². The number of ether oxygens (including phenoxy) is 4. The Hall–Kier alpha value is -6.62. The number of rotatable bonds is 76. The van der Waals surface area contributed by atoms with E-state index in [1.807, 2.05) is 36.5 Å². The Kier molecular flexibility index (Phi) is 77.5. The topological polar surface area (TPSA) is 237 Å².